The van der Waals surface area contributed by atoms with Crippen LogP contribution in [0.25, 0.3) is 44.2 Å². The predicted octanol–water partition coefficient (Wildman–Crippen LogP) is 12.3. The molecule has 1 N–H and O–H groups in total. The molecule has 0 unspecified atom stereocenters. The van der Waals surface area contributed by atoms with Gasteiger partial charge in [-0.25, -0.2) is 0 Å². The van der Waals surface area contributed by atoms with Gasteiger partial charge in [-0.3, -0.25) is 0 Å². The Balaban J connectivity index is 1.14. The Kier molecular flexibility index (Phi) is 6.24. The van der Waals surface area contributed by atoms with E-state index >= 15 is 0 Å². The maximum atomic E-state index is 7.08. The fraction of sp³-hybridized carbons (Fsp3) is 0.143. The van der Waals surface area contributed by atoms with Crippen LogP contribution in [0.1, 0.15) is 49.9 Å². The van der Waals surface area contributed by atoms with Gasteiger partial charge in [-0.15, -0.1) is 0 Å². The molecule has 3 heteroatoms. The molecule has 0 saturated carbocycles. The summed E-state index contributed by atoms with van der Waals surface area (Å²) >= 11 is 7.08. The number of benzene rings is 6. The zero-order chi connectivity index (χ0) is 30.9. The second-order valence-corrected chi connectivity index (χ2v) is 13.7. The Hall–Kier alpha value is -4.79. The summed E-state index contributed by atoms with van der Waals surface area (Å²) < 4.78 is 6.46. The average molecular weight is 604 g/mol. The molecule has 0 amide bonds. The Morgan fingerprint density at radius 3 is 1.71 bits per heavy atom. The van der Waals surface area contributed by atoms with Crippen molar-refractivity contribution >= 4 is 44.9 Å². The van der Waals surface area contributed by atoms with Gasteiger partial charge < -0.3 is 9.73 Å². The van der Waals surface area contributed by atoms with E-state index < -0.39 is 0 Å². The first-order valence-corrected chi connectivity index (χ1v) is 15.9. The minimum Gasteiger partial charge on any atom is -0.456 e. The number of furan rings is 1. The fourth-order valence-corrected chi connectivity index (χ4v) is 7.53. The van der Waals surface area contributed by atoms with E-state index in [9.17, 15) is 0 Å². The summed E-state index contributed by atoms with van der Waals surface area (Å²) in [6.07, 6.45) is 0. The van der Waals surface area contributed by atoms with E-state index in [-0.39, 0.29) is 10.8 Å². The molecular formula is C42H34ClNO. The predicted molar refractivity (Wildman–Crippen MR) is 190 cm³/mol. The topological polar surface area (TPSA) is 25.2 Å². The molecule has 0 spiro atoms. The van der Waals surface area contributed by atoms with E-state index in [0.29, 0.717) is 0 Å². The Morgan fingerprint density at radius 2 is 1.02 bits per heavy atom. The average Bonchev–Trinajstić information content (AvgIpc) is 3.42. The smallest absolute Gasteiger partial charge is 0.137 e. The summed E-state index contributed by atoms with van der Waals surface area (Å²) in [6, 6.07) is 45.0. The van der Waals surface area contributed by atoms with Gasteiger partial charge >= 0.3 is 0 Å². The fourth-order valence-electron chi connectivity index (χ4n) is 7.26. The van der Waals surface area contributed by atoms with Gasteiger partial charge in [0.2, 0.25) is 0 Å². The minimum atomic E-state index is -0.143. The van der Waals surface area contributed by atoms with Crippen LogP contribution in [-0.4, -0.2) is 0 Å². The zero-order valence-corrected chi connectivity index (χ0v) is 26.7. The van der Waals surface area contributed by atoms with Gasteiger partial charge in [0.05, 0.1) is 0 Å². The quantitative estimate of drug-likeness (QED) is 0.216. The molecule has 1 heterocycles. The summed E-state index contributed by atoms with van der Waals surface area (Å²) in [4.78, 5) is 0. The van der Waals surface area contributed by atoms with Crippen LogP contribution in [0, 0.1) is 0 Å². The molecule has 8 rings (SSSR count). The first-order chi connectivity index (χ1) is 21.7. The number of rotatable bonds is 4. The molecule has 0 saturated heterocycles. The highest BCUT2D eigenvalue weighted by Crippen LogP contribution is 2.51. The largest absolute Gasteiger partial charge is 0.456 e. The monoisotopic (exact) mass is 603 g/mol. The third-order valence-corrected chi connectivity index (χ3v) is 10.1. The lowest BCUT2D eigenvalue weighted by Crippen LogP contribution is -2.36. The molecule has 2 nitrogen and oxygen atoms in total. The van der Waals surface area contributed by atoms with Gasteiger partial charge in [-0.1, -0.05) is 112 Å². The van der Waals surface area contributed by atoms with Gasteiger partial charge in [0.1, 0.15) is 11.2 Å². The molecule has 220 valence electrons. The highest BCUT2D eigenvalue weighted by Gasteiger charge is 2.41. The normalized spacial score (nSPS) is 14.7. The van der Waals surface area contributed by atoms with Crippen LogP contribution in [0.2, 0.25) is 5.02 Å². The molecule has 0 fully saturated rings. The highest BCUT2D eigenvalue weighted by molar-refractivity contribution is 6.33. The summed E-state index contributed by atoms with van der Waals surface area (Å²) in [5.41, 5.74) is 13.3. The second kappa shape index (κ2) is 10.1. The van der Waals surface area contributed by atoms with Gasteiger partial charge in [-0.05, 0) is 87.5 Å². The second-order valence-electron chi connectivity index (χ2n) is 13.3. The Labute approximate surface area is 269 Å². The van der Waals surface area contributed by atoms with Crippen molar-refractivity contribution in [1.29, 1.82) is 0 Å². The Bertz CT molecular complexity index is 2240. The van der Waals surface area contributed by atoms with Crippen LogP contribution in [-0.2, 0) is 10.8 Å². The van der Waals surface area contributed by atoms with Crippen molar-refractivity contribution in [2.45, 2.75) is 38.5 Å². The molecule has 1 aliphatic rings. The number of hydrogen-bond donors (Lipinski definition) is 1. The molecule has 0 aliphatic heterocycles. The van der Waals surface area contributed by atoms with E-state index in [0.717, 1.165) is 49.5 Å². The molecule has 7 aromatic rings. The van der Waals surface area contributed by atoms with E-state index in [1.807, 2.05) is 6.07 Å². The van der Waals surface area contributed by atoms with Crippen LogP contribution in [0.15, 0.2) is 132 Å². The van der Waals surface area contributed by atoms with Crippen LogP contribution in [0.5, 0.6) is 0 Å². The first kappa shape index (κ1) is 27.7. The number of halogens is 1. The van der Waals surface area contributed by atoms with E-state index in [1.165, 1.54) is 33.4 Å². The summed E-state index contributed by atoms with van der Waals surface area (Å²) in [7, 11) is 0. The van der Waals surface area contributed by atoms with Crippen molar-refractivity contribution in [3.63, 3.8) is 0 Å². The standard InChI is InChI=1S/C42H34ClNO/c1-41(2)34-12-8-9-13-35(34)42(3,4)37-25-38(43)33(24-36(37)41)28-16-20-31-32-21-19-30(23-40(32)45-39(31)22-28)44-29-17-14-27(15-18-29)26-10-6-5-7-11-26/h5-25,44H,1-4H3. The van der Waals surface area contributed by atoms with Crippen LogP contribution < -0.4 is 5.32 Å². The molecule has 0 bridgehead atoms. The van der Waals surface area contributed by atoms with E-state index in [2.05, 4.69) is 154 Å². The molecular weight excluding hydrogens is 570 g/mol. The molecule has 1 aromatic heterocycles. The summed E-state index contributed by atoms with van der Waals surface area (Å²) in [6.45, 7) is 9.26. The van der Waals surface area contributed by atoms with Gasteiger partial charge in [0.15, 0.2) is 0 Å². The first-order valence-electron chi connectivity index (χ1n) is 15.5. The number of fused-ring (bicyclic) bond motifs is 5. The minimum absolute atomic E-state index is 0.137. The van der Waals surface area contributed by atoms with Crippen molar-refractivity contribution in [3.05, 3.63) is 155 Å². The van der Waals surface area contributed by atoms with Crippen LogP contribution in [0.3, 0.4) is 0 Å². The number of hydrogen-bond acceptors (Lipinski definition) is 2. The molecule has 0 radical (unpaired) electrons. The number of anilines is 2. The molecule has 6 aromatic carbocycles. The van der Waals surface area contributed by atoms with Gasteiger partial charge in [-0.2, -0.15) is 0 Å². The lowest BCUT2D eigenvalue weighted by atomic mass is 9.60. The van der Waals surface area contributed by atoms with Crippen LogP contribution >= 0.6 is 11.6 Å². The maximum absolute atomic E-state index is 7.08. The zero-order valence-electron chi connectivity index (χ0n) is 25.9. The maximum Gasteiger partial charge on any atom is 0.137 e. The van der Waals surface area contributed by atoms with Crippen molar-refractivity contribution in [2.75, 3.05) is 5.32 Å². The summed E-state index contributed by atoms with van der Waals surface area (Å²) in [5.74, 6) is 0. The van der Waals surface area contributed by atoms with Crippen molar-refractivity contribution in [2.24, 2.45) is 0 Å². The van der Waals surface area contributed by atoms with Gasteiger partial charge in [0.25, 0.3) is 0 Å². The van der Waals surface area contributed by atoms with Crippen molar-refractivity contribution in [3.8, 4) is 22.3 Å². The SMILES string of the molecule is CC1(C)c2ccccc2C(C)(C)c2cc(-c3ccc4c(c3)oc3cc(Nc5ccc(-c6ccccc6)cc5)ccc34)c(Cl)cc21. The van der Waals surface area contributed by atoms with E-state index in [4.69, 9.17) is 16.0 Å². The van der Waals surface area contributed by atoms with Gasteiger partial charge in [0, 0.05) is 49.6 Å². The lowest BCUT2D eigenvalue weighted by Gasteiger charge is -2.44. The summed E-state index contributed by atoms with van der Waals surface area (Å²) in [5, 5.41) is 6.49. The lowest BCUT2D eigenvalue weighted by molar-refractivity contribution is 0.521. The van der Waals surface area contributed by atoms with Crippen molar-refractivity contribution in [1.82, 2.24) is 0 Å². The van der Waals surface area contributed by atoms with E-state index in [1.54, 1.807) is 0 Å². The molecule has 45 heavy (non-hydrogen) atoms. The highest BCUT2D eigenvalue weighted by atomic mass is 35.5. The molecule has 1 aliphatic carbocycles. The number of nitrogens with one attached hydrogen (secondary N) is 1. The third kappa shape index (κ3) is 4.47. The van der Waals surface area contributed by atoms with Crippen molar-refractivity contribution < 1.29 is 4.42 Å². The molecule has 0 atom stereocenters. The Morgan fingerprint density at radius 1 is 0.489 bits per heavy atom. The third-order valence-electron chi connectivity index (χ3n) is 9.79. The van der Waals surface area contributed by atoms with Crippen LogP contribution in [0.4, 0.5) is 11.4 Å².